The SMILES string of the molecule is O=C(NCC1(c2cccc(F)c2)CCOCC1)c1sccc1S(=O)(=O)N1CCCCC1. The van der Waals surface area contributed by atoms with E-state index in [1.165, 1.54) is 22.5 Å². The molecule has 0 radical (unpaired) electrons. The van der Waals surface area contributed by atoms with Crippen LogP contribution in [-0.4, -0.2) is 51.5 Å². The second-order valence-corrected chi connectivity index (χ2v) is 11.0. The quantitative estimate of drug-likeness (QED) is 0.707. The lowest BCUT2D eigenvalue weighted by Gasteiger charge is -2.38. The van der Waals surface area contributed by atoms with E-state index in [4.69, 9.17) is 4.74 Å². The van der Waals surface area contributed by atoms with E-state index in [1.807, 2.05) is 6.07 Å². The number of nitrogens with zero attached hydrogens (tertiary/aromatic N) is 1. The number of hydrogen-bond acceptors (Lipinski definition) is 5. The first kappa shape index (κ1) is 22.4. The molecule has 2 aliphatic heterocycles. The zero-order chi connectivity index (χ0) is 21.9. The average Bonchev–Trinajstić information content (AvgIpc) is 3.30. The third-order valence-corrected chi connectivity index (χ3v) is 9.23. The minimum absolute atomic E-state index is 0.0729. The third-order valence-electron chi connectivity index (χ3n) is 6.24. The van der Waals surface area contributed by atoms with Crippen LogP contribution in [0.3, 0.4) is 0 Å². The summed E-state index contributed by atoms with van der Waals surface area (Å²) in [6.07, 6.45) is 4.00. The lowest BCUT2D eigenvalue weighted by molar-refractivity contribution is 0.0486. The minimum Gasteiger partial charge on any atom is -0.381 e. The minimum atomic E-state index is -3.70. The number of amides is 1. The summed E-state index contributed by atoms with van der Waals surface area (Å²) < 4.78 is 47.1. The number of piperidine rings is 1. The monoisotopic (exact) mass is 466 g/mol. The number of nitrogens with one attached hydrogen (secondary N) is 1. The Labute approximate surface area is 186 Å². The van der Waals surface area contributed by atoms with Gasteiger partial charge in [-0.05, 0) is 54.8 Å². The Morgan fingerprint density at radius 3 is 2.61 bits per heavy atom. The normalized spacial score (nSPS) is 19.8. The number of rotatable bonds is 6. The van der Waals surface area contributed by atoms with Gasteiger partial charge in [-0.3, -0.25) is 4.79 Å². The van der Waals surface area contributed by atoms with Crippen molar-refractivity contribution in [1.82, 2.24) is 9.62 Å². The largest absolute Gasteiger partial charge is 0.381 e. The predicted molar refractivity (Wildman–Crippen MR) is 117 cm³/mol. The van der Waals surface area contributed by atoms with Crippen molar-refractivity contribution in [3.63, 3.8) is 0 Å². The summed E-state index contributed by atoms with van der Waals surface area (Å²) in [6.45, 7) is 2.32. The van der Waals surface area contributed by atoms with Crippen molar-refractivity contribution < 1.29 is 22.3 Å². The fourth-order valence-electron chi connectivity index (χ4n) is 4.39. The summed E-state index contributed by atoms with van der Waals surface area (Å²) in [7, 11) is -3.70. The van der Waals surface area contributed by atoms with Gasteiger partial charge >= 0.3 is 0 Å². The van der Waals surface area contributed by atoms with Crippen molar-refractivity contribution in [1.29, 1.82) is 0 Å². The van der Waals surface area contributed by atoms with E-state index in [1.54, 1.807) is 11.4 Å². The lowest BCUT2D eigenvalue weighted by Crippen LogP contribution is -2.45. The van der Waals surface area contributed by atoms with Crippen molar-refractivity contribution in [2.75, 3.05) is 32.8 Å². The highest BCUT2D eigenvalue weighted by atomic mass is 32.2. The fourth-order valence-corrected chi connectivity index (χ4v) is 7.22. The number of benzene rings is 1. The second-order valence-electron chi connectivity index (χ2n) is 8.16. The molecule has 0 aliphatic carbocycles. The molecule has 2 aliphatic rings. The highest BCUT2D eigenvalue weighted by Gasteiger charge is 2.36. The van der Waals surface area contributed by atoms with Crippen LogP contribution < -0.4 is 5.32 Å². The Morgan fingerprint density at radius 2 is 1.90 bits per heavy atom. The van der Waals surface area contributed by atoms with Crippen molar-refractivity contribution in [2.45, 2.75) is 42.4 Å². The predicted octanol–water partition coefficient (Wildman–Crippen LogP) is 3.54. The summed E-state index contributed by atoms with van der Waals surface area (Å²) in [5, 5.41) is 4.58. The maximum Gasteiger partial charge on any atom is 0.262 e. The first-order valence-electron chi connectivity index (χ1n) is 10.6. The molecule has 2 saturated heterocycles. The summed E-state index contributed by atoms with van der Waals surface area (Å²) >= 11 is 1.13. The Balaban J connectivity index is 1.54. The number of carbonyl (C=O) groups is 1. The summed E-state index contributed by atoms with van der Waals surface area (Å²) in [5.74, 6) is -0.726. The van der Waals surface area contributed by atoms with Crippen molar-refractivity contribution in [2.24, 2.45) is 0 Å². The molecule has 9 heteroatoms. The molecule has 1 N–H and O–H groups in total. The zero-order valence-corrected chi connectivity index (χ0v) is 18.9. The molecule has 0 spiro atoms. The van der Waals surface area contributed by atoms with Gasteiger partial charge in [-0.15, -0.1) is 11.3 Å². The average molecular weight is 467 g/mol. The second kappa shape index (κ2) is 9.36. The first-order chi connectivity index (χ1) is 14.9. The van der Waals surface area contributed by atoms with Crippen LogP contribution in [0.1, 0.15) is 47.3 Å². The molecule has 168 valence electrons. The molecule has 0 atom stereocenters. The van der Waals surface area contributed by atoms with Gasteiger partial charge in [0.2, 0.25) is 10.0 Å². The molecule has 2 aromatic rings. The first-order valence-corrected chi connectivity index (χ1v) is 12.9. The molecule has 2 fully saturated rings. The van der Waals surface area contributed by atoms with Gasteiger partial charge in [0.15, 0.2) is 0 Å². The van der Waals surface area contributed by atoms with Crippen molar-refractivity contribution in [3.8, 4) is 0 Å². The van der Waals surface area contributed by atoms with Crippen LogP contribution in [0.5, 0.6) is 0 Å². The molecule has 0 saturated carbocycles. The molecule has 31 heavy (non-hydrogen) atoms. The van der Waals surface area contributed by atoms with Gasteiger partial charge in [0.1, 0.15) is 15.6 Å². The van der Waals surface area contributed by atoms with Crippen molar-refractivity contribution >= 4 is 27.3 Å². The molecule has 0 bridgehead atoms. The van der Waals surface area contributed by atoms with E-state index in [-0.39, 0.29) is 15.6 Å². The van der Waals surface area contributed by atoms with Gasteiger partial charge in [0.25, 0.3) is 5.91 Å². The number of sulfonamides is 1. The van der Waals surface area contributed by atoms with E-state index >= 15 is 0 Å². The molecule has 1 aromatic heterocycles. The van der Waals surface area contributed by atoms with Crippen LogP contribution in [0.15, 0.2) is 40.6 Å². The van der Waals surface area contributed by atoms with Gasteiger partial charge in [-0.1, -0.05) is 18.6 Å². The molecule has 4 rings (SSSR count). The molecule has 1 aromatic carbocycles. The Bertz CT molecular complexity index is 1030. The summed E-state index contributed by atoms with van der Waals surface area (Å²) in [6, 6.07) is 7.97. The van der Waals surface area contributed by atoms with E-state index in [9.17, 15) is 17.6 Å². The van der Waals surface area contributed by atoms with Gasteiger partial charge < -0.3 is 10.1 Å². The van der Waals surface area contributed by atoms with Crippen molar-refractivity contribution in [3.05, 3.63) is 52.0 Å². The molecular formula is C22H27FN2O4S2. The van der Waals surface area contributed by atoms with Crippen LogP contribution in [0.2, 0.25) is 0 Å². The smallest absolute Gasteiger partial charge is 0.262 e. The highest BCUT2D eigenvalue weighted by molar-refractivity contribution is 7.89. The molecule has 6 nitrogen and oxygen atoms in total. The van der Waals surface area contributed by atoms with Crippen LogP contribution in [0, 0.1) is 5.82 Å². The van der Waals surface area contributed by atoms with Gasteiger partial charge in [-0.25, -0.2) is 12.8 Å². The summed E-state index contributed by atoms with van der Waals surface area (Å²) in [5.41, 5.74) is 0.377. The number of halogens is 1. The molecular weight excluding hydrogens is 439 g/mol. The van der Waals surface area contributed by atoms with Crippen LogP contribution in [-0.2, 0) is 20.2 Å². The lowest BCUT2D eigenvalue weighted by atomic mass is 9.74. The molecule has 3 heterocycles. The van der Waals surface area contributed by atoms with Crippen LogP contribution in [0.25, 0.3) is 0 Å². The van der Waals surface area contributed by atoms with Gasteiger partial charge in [-0.2, -0.15) is 4.31 Å². The van der Waals surface area contributed by atoms with E-state index in [0.717, 1.165) is 36.2 Å². The van der Waals surface area contributed by atoms with Crippen LogP contribution in [0.4, 0.5) is 4.39 Å². The number of thiophene rings is 1. The molecule has 0 unspecified atom stereocenters. The third kappa shape index (κ3) is 4.69. The van der Waals surface area contributed by atoms with E-state index in [0.29, 0.717) is 45.7 Å². The number of ether oxygens (including phenoxy) is 1. The number of carbonyl (C=O) groups excluding carboxylic acids is 1. The summed E-state index contributed by atoms with van der Waals surface area (Å²) in [4.78, 5) is 13.3. The maximum atomic E-state index is 13.9. The zero-order valence-electron chi connectivity index (χ0n) is 17.3. The number of hydrogen-bond donors (Lipinski definition) is 1. The Kier molecular flexibility index (Phi) is 6.76. The Hall–Kier alpha value is -1.81. The highest BCUT2D eigenvalue weighted by Crippen LogP contribution is 2.35. The Morgan fingerprint density at radius 1 is 1.16 bits per heavy atom. The fraction of sp³-hybridized carbons (Fsp3) is 0.500. The maximum absolute atomic E-state index is 13.9. The van der Waals surface area contributed by atoms with E-state index < -0.39 is 21.3 Å². The topological polar surface area (TPSA) is 75.7 Å². The molecule has 1 amide bonds. The van der Waals surface area contributed by atoms with E-state index in [2.05, 4.69) is 5.32 Å². The van der Waals surface area contributed by atoms with Gasteiger partial charge in [0, 0.05) is 38.3 Å². The van der Waals surface area contributed by atoms with Crippen LogP contribution >= 0.6 is 11.3 Å². The standard InChI is InChI=1S/C22H27FN2O4S2/c23-18-6-4-5-17(15-18)22(8-12-29-13-9-22)16-24-21(26)20-19(7-14-30-20)31(27,28)25-10-2-1-3-11-25/h4-7,14-15H,1-3,8-13,16H2,(H,24,26). The van der Waals surface area contributed by atoms with Gasteiger partial charge in [0.05, 0.1) is 0 Å².